The maximum absolute atomic E-state index is 9.70. The van der Waals surface area contributed by atoms with Crippen LogP contribution in [0, 0.1) is 0 Å². The lowest BCUT2D eigenvalue weighted by atomic mass is 9.99. The van der Waals surface area contributed by atoms with Crippen LogP contribution in [0.4, 0.5) is 0 Å². The van der Waals surface area contributed by atoms with E-state index in [0.29, 0.717) is 6.42 Å². The van der Waals surface area contributed by atoms with Gasteiger partial charge in [-0.2, -0.15) is 5.10 Å². The van der Waals surface area contributed by atoms with Crippen molar-refractivity contribution in [3.8, 4) is 0 Å². The van der Waals surface area contributed by atoms with Gasteiger partial charge in [-0.1, -0.05) is 0 Å². The molecule has 1 aromatic heterocycles. The molecule has 0 bridgehead atoms. The molecule has 0 spiro atoms. The molecule has 0 radical (unpaired) electrons. The average Bonchev–Trinajstić information content (AvgIpc) is 2.52. The Balaban J connectivity index is 2.63. The van der Waals surface area contributed by atoms with Gasteiger partial charge < -0.3 is 10.8 Å². The van der Waals surface area contributed by atoms with Crippen molar-refractivity contribution in [2.45, 2.75) is 32.4 Å². The molecule has 0 saturated heterocycles. The molecule has 3 N–H and O–H groups in total. The molecule has 0 saturated carbocycles. The highest BCUT2D eigenvalue weighted by Gasteiger charge is 2.19. The van der Waals surface area contributed by atoms with Gasteiger partial charge in [0, 0.05) is 25.7 Å². The zero-order valence-electron chi connectivity index (χ0n) is 8.20. The summed E-state index contributed by atoms with van der Waals surface area (Å²) in [5.74, 6) is 0. The molecule has 1 rings (SSSR count). The summed E-state index contributed by atoms with van der Waals surface area (Å²) < 4.78 is 1.84. The van der Waals surface area contributed by atoms with Crippen molar-refractivity contribution in [3.05, 3.63) is 18.0 Å². The average molecular weight is 183 g/mol. The van der Waals surface area contributed by atoms with Crippen LogP contribution in [-0.2, 0) is 13.0 Å². The number of nitrogens with two attached hydrogens (primary N) is 1. The number of aliphatic hydroxyl groups is 1. The highest BCUT2D eigenvalue weighted by molar-refractivity contribution is 5.07. The van der Waals surface area contributed by atoms with E-state index in [4.69, 9.17) is 5.73 Å². The molecule has 0 amide bonds. The molecule has 0 aliphatic rings. The maximum Gasteiger partial charge on any atom is 0.0782 e. The molecule has 0 aromatic carbocycles. The lowest BCUT2D eigenvalue weighted by molar-refractivity contribution is 0.0696. The molecule has 1 unspecified atom stereocenters. The topological polar surface area (TPSA) is 64.1 Å². The first kappa shape index (κ1) is 10.2. The van der Waals surface area contributed by atoms with Gasteiger partial charge in [-0.25, -0.2) is 0 Å². The number of aromatic nitrogens is 2. The minimum atomic E-state index is -0.818. The maximum atomic E-state index is 9.70. The van der Waals surface area contributed by atoms with E-state index in [9.17, 15) is 5.11 Å². The lowest BCUT2D eigenvalue weighted by Crippen LogP contribution is -2.36. The SMILES string of the molecule is CCn1cc(CC(C)(O)CN)cn1. The Bertz CT molecular complexity index is 268. The largest absolute Gasteiger partial charge is 0.389 e. The molecule has 0 fully saturated rings. The Morgan fingerprint density at radius 2 is 2.38 bits per heavy atom. The van der Waals surface area contributed by atoms with Crippen LogP contribution >= 0.6 is 0 Å². The van der Waals surface area contributed by atoms with Crippen molar-refractivity contribution in [1.29, 1.82) is 0 Å². The van der Waals surface area contributed by atoms with Crippen LogP contribution in [0.5, 0.6) is 0 Å². The van der Waals surface area contributed by atoms with Gasteiger partial charge in [-0.15, -0.1) is 0 Å². The zero-order valence-corrected chi connectivity index (χ0v) is 8.20. The van der Waals surface area contributed by atoms with Crippen LogP contribution in [0.25, 0.3) is 0 Å². The van der Waals surface area contributed by atoms with Crippen LogP contribution in [0.2, 0.25) is 0 Å². The summed E-state index contributed by atoms with van der Waals surface area (Å²) in [5, 5.41) is 13.8. The summed E-state index contributed by atoms with van der Waals surface area (Å²) in [6.45, 7) is 4.88. The molecular formula is C9H17N3O. The molecule has 1 atom stereocenters. The van der Waals surface area contributed by atoms with Gasteiger partial charge in [0.1, 0.15) is 0 Å². The third-order valence-electron chi connectivity index (χ3n) is 2.04. The number of rotatable bonds is 4. The van der Waals surface area contributed by atoms with Gasteiger partial charge in [0.2, 0.25) is 0 Å². The molecule has 0 aliphatic heterocycles. The van der Waals surface area contributed by atoms with E-state index in [1.54, 1.807) is 13.1 Å². The highest BCUT2D eigenvalue weighted by Crippen LogP contribution is 2.10. The molecule has 1 heterocycles. The molecule has 4 nitrogen and oxygen atoms in total. The first-order valence-electron chi connectivity index (χ1n) is 4.51. The first-order chi connectivity index (χ1) is 6.07. The van der Waals surface area contributed by atoms with E-state index in [1.165, 1.54) is 0 Å². The number of hydrogen-bond acceptors (Lipinski definition) is 3. The minimum Gasteiger partial charge on any atom is -0.389 e. The zero-order chi connectivity index (χ0) is 9.90. The second-order valence-electron chi connectivity index (χ2n) is 3.58. The summed E-state index contributed by atoms with van der Waals surface area (Å²) in [5.41, 5.74) is 5.62. The lowest BCUT2D eigenvalue weighted by Gasteiger charge is -2.19. The third-order valence-corrected chi connectivity index (χ3v) is 2.04. The molecule has 74 valence electrons. The van der Waals surface area contributed by atoms with Crippen molar-refractivity contribution in [3.63, 3.8) is 0 Å². The van der Waals surface area contributed by atoms with E-state index < -0.39 is 5.60 Å². The monoisotopic (exact) mass is 183 g/mol. The predicted molar refractivity (Wildman–Crippen MR) is 51.3 cm³/mol. The number of aryl methyl sites for hydroxylation is 1. The molecule has 4 heteroatoms. The van der Waals surface area contributed by atoms with Gasteiger partial charge in [0.15, 0.2) is 0 Å². The van der Waals surface area contributed by atoms with Crippen molar-refractivity contribution < 1.29 is 5.11 Å². The van der Waals surface area contributed by atoms with Crippen LogP contribution in [0.1, 0.15) is 19.4 Å². The van der Waals surface area contributed by atoms with Crippen molar-refractivity contribution in [2.24, 2.45) is 5.73 Å². The summed E-state index contributed by atoms with van der Waals surface area (Å²) in [7, 11) is 0. The van der Waals surface area contributed by atoms with Crippen LogP contribution in [-0.4, -0.2) is 27.0 Å². The summed E-state index contributed by atoms with van der Waals surface area (Å²) in [4.78, 5) is 0. The Morgan fingerprint density at radius 3 is 2.85 bits per heavy atom. The Labute approximate surface area is 78.4 Å². The quantitative estimate of drug-likeness (QED) is 0.698. The molecular weight excluding hydrogens is 166 g/mol. The summed E-state index contributed by atoms with van der Waals surface area (Å²) in [6, 6.07) is 0. The van der Waals surface area contributed by atoms with Gasteiger partial charge in [-0.05, 0) is 19.4 Å². The highest BCUT2D eigenvalue weighted by atomic mass is 16.3. The van der Waals surface area contributed by atoms with E-state index in [0.717, 1.165) is 12.1 Å². The van der Waals surface area contributed by atoms with Crippen molar-refractivity contribution in [2.75, 3.05) is 6.54 Å². The van der Waals surface area contributed by atoms with Gasteiger partial charge in [0.05, 0.1) is 11.8 Å². The molecule has 1 aromatic rings. The van der Waals surface area contributed by atoms with Crippen LogP contribution in [0.3, 0.4) is 0 Å². The van der Waals surface area contributed by atoms with Gasteiger partial charge in [-0.3, -0.25) is 4.68 Å². The van der Waals surface area contributed by atoms with Crippen LogP contribution < -0.4 is 5.73 Å². The fourth-order valence-electron chi connectivity index (χ4n) is 1.18. The Morgan fingerprint density at radius 1 is 1.69 bits per heavy atom. The normalized spacial score (nSPS) is 15.7. The minimum absolute atomic E-state index is 0.268. The van der Waals surface area contributed by atoms with Crippen molar-refractivity contribution >= 4 is 0 Å². The summed E-state index contributed by atoms with van der Waals surface area (Å²) in [6.07, 6.45) is 4.27. The molecule has 13 heavy (non-hydrogen) atoms. The number of hydrogen-bond donors (Lipinski definition) is 2. The predicted octanol–water partition coefficient (Wildman–Crippen LogP) is 0.155. The van der Waals surface area contributed by atoms with E-state index >= 15 is 0 Å². The first-order valence-corrected chi connectivity index (χ1v) is 4.51. The Kier molecular flexibility index (Phi) is 3.06. The standard InChI is InChI=1S/C9H17N3O/c1-3-12-6-8(5-11-12)4-9(2,13)7-10/h5-6,13H,3-4,7,10H2,1-2H3. The van der Waals surface area contributed by atoms with Gasteiger partial charge >= 0.3 is 0 Å². The van der Waals surface area contributed by atoms with E-state index in [-0.39, 0.29) is 6.54 Å². The summed E-state index contributed by atoms with van der Waals surface area (Å²) >= 11 is 0. The fourth-order valence-corrected chi connectivity index (χ4v) is 1.18. The third kappa shape index (κ3) is 2.82. The second kappa shape index (κ2) is 3.89. The van der Waals surface area contributed by atoms with E-state index in [1.807, 2.05) is 17.8 Å². The second-order valence-corrected chi connectivity index (χ2v) is 3.58. The van der Waals surface area contributed by atoms with E-state index in [2.05, 4.69) is 5.10 Å². The Hall–Kier alpha value is -0.870. The molecule has 0 aliphatic carbocycles. The van der Waals surface area contributed by atoms with Gasteiger partial charge in [0.25, 0.3) is 0 Å². The fraction of sp³-hybridized carbons (Fsp3) is 0.667. The van der Waals surface area contributed by atoms with Crippen LogP contribution in [0.15, 0.2) is 12.4 Å². The van der Waals surface area contributed by atoms with Crippen molar-refractivity contribution in [1.82, 2.24) is 9.78 Å². The smallest absolute Gasteiger partial charge is 0.0782 e. The number of nitrogens with zero attached hydrogens (tertiary/aromatic N) is 2.